The first-order valence-electron chi connectivity index (χ1n) is 7.26. The zero-order valence-electron chi connectivity index (χ0n) is 12.2. The highest BCUT2D eigenvalue weighted by molar-refractivity contribution is 5.80. The lowest BCUT2D eigenvalue weighted by Crippen LogP contribution is -2.46. The fraction of sp³-hybridized carbons (Fsp3) is 0.562. The molecule has 0 radical (unpaired) electrons. The lowest BCUT2D eigenvalue weighted by atomic mass is 9.93. The Morgan fingerprint density at radius 1 is 1.32 bits per heavy atom. The molecule has 19 heavy (non-hydrogen) atoms. The minimum atomic E-state index is 0.449. The molecule has 0 spiro atoms. The van der Waals surface area contributed by atoms with Crippen LogP contribution in [0, 0.1) is 0 Å². The molecule has 0 amide bonds. The van der Waals surface area contributed by atoms with Crippen LogP contribution in [0.1, 0.15) is 45.1 Å². The quantitative estimate of drug-likeness (QED) is 0.883. The van der Waals surface area contributed by atoms with Crippen molar-refractivity contribution >= 4 is 5.96 Å². The van der Waals surface area contributed by atoms with Crippen molar-refractivity contribution in [3.8, 4) is 0 Å². The lowest BCUT2D eigenvalue weighted by Gasteiger charge is -2.33. The van der Waals surface area contributed by atoms with Gasteiger partial charge in [0.2, 0.25) is 0 Å². The van der Waals surface area contributed by atoms with Gasteiger partial charge < -0.3 is 10.6 Å². The Kier molecular flexibility index (Phi) is 4.46. The fourth-order valence-electron chi connectivity index (χ4n) is 2.85. The number of hydrogen-bond acceptors (Lipinski definition) is 3. The molecule has 0 bridgehead atoms. The van der Waals surface area contributed by atoms with Crippen molar-refractivity contribution in [2.24, 2.45) is 10.7 Å². The number of guanidine groups is 1. The van der Waals surface area contributed by atoms with Crippen molar-refractivity contribution in [1.29, 1.82) is 0 Å². The molecule has 1 aliphatic heterocycles. The second kappa shape index (κ2) is 6.09. The molecule has 0 aliphatic carbocycles. The van der Waals surface area contributed by atoms with Crippen LogP contribution in [0.25, 0.3) is 0 Å². The Balaban J connectivity index is 2.03. The van der Waals surface area contributed by atoms with Gasteiger partial charge in [0.25, 0.3) is 0 Å². The topological polar surface area (TPSA) is 41.6 Å². The fourth-order valence-corrected chi connectivity index (χ4v) is 2.85. The van der Waals surface area contributed by atoms with Gasteiger partial charge in [-0.25, -0.2) is 0 Å². The van der Waals surface area contributed by atoms with Gasteiger partial charge in [-0.15, -0.1) is 0 Å². The Hall–Kier alpha value is -1.51. The zero-order valence-corrected chi connectivity index (χ0v) is 12.2. The summed E-state index contributed by atoms with van der Waals surface area (Å²) in [4.78, 5) is 6.74. The Morgan fingerprint density at radius 2 is 2.00 bits per heavy atom. The maximum absolute atomic E-state index is 6.04. The van der Waals surface area contributed by atoms with Gasteiger partial charge in [0.1, 0.15) is 0 Å². The monoisotopic (exact) mass is 259 g/mol. The van der Waals surface area contributed by atoms with Gasteiger partial charge in [-0.3, -0.25) is 4.99 Å². The molecular formula is C16H25N3. The van der Waals surface area contributed by atoms with E-state index in [-0.39, 0.29) is 0 Å². The van der Waals surface area contributed by atoms with Crippen LogP contribution < -0.4 is 5.73 Å². The van der Waals surface area contributed by atoms with Crippen LogP contribution in [0.2, 0.25) is 0 Å². The molecule has 3 unspecified atom stereocenters. The molecule has 0 fully saturated rings. The van der Waals surface area contributed by atoms with Crippen LogP contribution in [0.15, 0.2) is 35.3 Å². The number of rotatable bonds is 5. The van der Waals surface area contributed by atoms with Crippen LogP contribution in [0.4, 0.5) is 0 Å². The van der Waals surface area contributed by atoms with E-state index in [0.717, 1.165) is 25.3 Å². The Labute approximate surface area is 116 Å². The molecule has 3 nitrogen and oxygen atoms in total. The predicted octanol–water partition coefficient (Wildman–Crippen LogP) is 2.98. The summed E-state index contributed by atoms with van der Waals surface area (Å²) in [6.07, 6.45) is 2.21. The highest BCUT2D eigenvalue weighted by Gasteiger charge is 2.30. The molecule has 1 heterocycles. The van der Waals surface area contributed by atoms with Crippen LogP contribution in [-0.4, -0.2) is 29.5 Å². The van der Waals surface area contributed by atoms with Gasteiger partial charge in [-0.05, 0) is 31.2 Å². The number of nitrogens with two attached hydrogens (primary N) is 1. The first kappa shape index (κ1) is 13.9. The SMILES string of the molecule is CCC(C)N1C(N)=NCC1CC(C)c1ccccc1. The van der Waals surface area contributed by atoms with Crippen molar-refractivity contribution in [1.82, 2.24) is 4.90 Å². The van der Waals surface area contributed by atoms with Crippen molar-refractivity contribution in [2.45, 2.75) is 51.6 Å². The van der Waals surface area contributed by atoms with E-state index in [0.29, 0.717) is 18.0 Å². The molecule has 0 saturated carbocycles. The summed E-state index contributed by atoms with van der Waals surface area (Å²) < 4.78 is 0. The Bertz CT molecular complexity index is 427. The van der Waals surface area contributed by atoms with E-state index in [1.54, 1.807) is 0 Å². The summed E-state index contributed by atoms with van der Waals surface area (Å²) in [5, 5.41) is 0. The number of benzene rings is 1. The van der Waals surface area contributed by atoms with Crippen LogP contribution >= 0.6 is 0 Å². The van der Waals surface area contributed by atoms with E-state index < -0.39 is 0 Å². The molecule has 2 rings (SSSR count). The number of hydrogen-bond donors (Lipinski definition) is 1. The Morgan fingerprint density at radius 3 is 2.63 bits per heavy atom. The largest absolute Gasteiger partial charge is 0.370 e. The molecule has 3 atom stereocenters. The third kappa shape index (κ3) is 3.09. The van der Waals surface area contributed by atoms with E-state index in [2.05, 4.69) is 61.0 Å². The summed E-state index contributed by atoms with van der Waals surface area (Å²) in [5.41, 5.74) is 7.44. The average Bonchev–Trinajstić information content (AvgIpc) is 2.80. The first-order chi connectivity index (χ1) is 9.13. The van der Waals surface area contributed by atoms with E-state index >= 15 is 0 Å². The molecule has 0 saturated heterocycles. The summed E-state index contributed by atoms with van der Waals surface area (Å²) in [6, 6.07) is 11.6. The second-order valence-corrected chi connectivity index (χ2v) is 5.56. The summed E-state index contributed by atoms with van der Waals surface area (Å²) in [7, 11) is 0. The van der Waals surface area contributed by atoms with Crippen LogP contribution in [-0.2, 0) is 0 Å². The highest BCUT2D eigenvalue weighted by Crippen LogP contribution is 2.26. The van der Waals surface area contributed by atoms with Crippen molar-refractivity contribution in [3.05, 3.63) is 35.9 Å². The van der Waals surface area contributed by atoms with Gasteiger partial charge in [-0.2, -0.15) is 0 Å². The van der Waals surface area contributed by atoms with Gasteiger partial charge >= 0.3 is 0 Å². The standard InChI is InChI=1S/C16H25N3/c1-4-13(3)19-15(11-18-16(19)17)10-12(2)14-8-6-5-7-9-14/h5-9,12-13,15H,4,10-11H2,1-3H3,(H2,17,18). The summed E-state index contributed by atoms with van der Waals surface area (Å²) in [6.45, 7) is 7.56. The zero-order chi connectivity index (χ0) is 13.8. The van der Waals surface area contributed by atoms with Gasteiger partial charge in [-0.1, -0.05) is 44.2 Å². The maximum Gasteiger partial charge on any atom is 0.191 e. The molecule has 3 heteroatoms. The minimum Gasteiger partial charge on any atom is -0.370 e. The number of aliphatic imine (C=N–C) groups is 1. The van der Waals surface area contributed by atoms with E-state index in [9.17, 15) is 0 Å². The first-order valence-corrected chi connectivity index (χ1v) is 7.26. The maximum atomic E-state index is 6.04. The minimum absolute atomic E-state index is 0.449. The van der Waals surface area contributed by atoms with E-state index in [1.165, 1.54) is 5.56 Å². The normalized spacial score (nSPS) is 22.2. The van der Waals surface area contributed by atoms with Crippen LogP contribution in [0.3, 0.4) is 0 Å². The van der Waals surface area contributed by atoms with E-state index in [1.807, 2.05) is 0 Å². The summed E-state index contributed by atoms with van der Waals surface area (Å²) >= 11 is 0. The van der Waals surface area contributed by atoms with Gasteiger partial charge in [0.05, 0.1) is 12.6 Å². The third-order valence-electron chi connectivity index (χ3n) is 4.18. The molecular weight excluding hydrogens is 234 g/mol. The van der Waals surface area contributed by atoms with Gasteiger partial charge in [0.15, 0.2) is 5.96 Å². The predicted molar refractivity (Wildman–Crippen MR) is 81.3 cm³/mol. The molecule has 2 N–H and O–H groups in total. The molecule has 0 aromatic heterocycles. The third-order valence-corrected chi connectivity index (χ3v) is 4.18. The molecule has 1 aliphatic rings. The van der Waals surface area contributed by atoms with Crippen molar-refractivity contribution in [2.75, 3.05) is 6.54 Å². The summed E-state index contributed by atoms with van der Waals surface area (Å²) in [5.74, 6) is 1.26. The average molecular weight is 259 g/mol. The van der Waals surface area contributed by atoms with E-state index in [4.69, 9.17) is 5.73 Å². The highest BCUT2D eigenvalue weighted by atomic mass is 15.3. The smallest absolute Gasteiger partial charge is 0.191 e. The van der Waals surface area contributed by atoms with Gasteiger partial charge in [0, 0.05) is 6.04 Å². The number of nitrogens with zero attached hydrogens (tertiary/aromatic N) is 2. The molecule has 1 aromatic carbocycles. The lowest BCUT2D eigenvalue weighted by molar-refractivity contribution is 0.246. The van der Waals surface area contributed by atoms with Crippen molar-refractivity contribution < 1.29 is 0 Å². The molecule has 1 aromatic rings. The molecule has 104 valence electrons. The van der Waals surface area contributed by atoms with Crippen LogP contribution in [0.5, 0.6) is 0 Å². The second-order valence-electron chi connectivity index (χ2n) is 5.56. The van der Waals surface area contributed by atoms with Crippen molar-refractivity contribution in [3.63, 3.8) is 0 Å².